The highest BCUT2D eigenvalue weighted by Crippen LogP contribution is 2.35. The average Bonchev–Trinajstić information content (AvgIpc) is 3.29. The lowest BCUT2D eigenvalue weighted by atomic mass is 9.87. The summed E-state index contributed by atoms with van der Waals surface area (Å²) in [6, 6.07) is 28.0. The third kappa shape index (κ3) is 7.14. The number of nitrogens with zero attached hydrogens (tertiary/aromatic N) is 2. The summed E-state index contributed by atoms with van der Waals surface area (Å²) >= 11 is 0. The Balaban J connectivity index is 1.57. The zero-order valence-corrected chi connectivity index (χ0v) is 23.5. The average molecular weight is 510 g/mol. The maximum atomic E-state index is 13.4. The van der Waals surface area contributed by atoms with Crippen LogP contribution in [0.1, 0.15) is 68.2 Å². The first-order chi connectivity index (χ1) is 18.5. The van der Waals surface area contributed by atoms with Gasteiger partial charge in [0.1, 0.15) is 0 Å². The molecule has 0 fully saturated rings. The minimum absolute atomic E-state index is 0.0135. The van der Waals surface area contributed by atoms with E-state index in [0.29, 0.717) is 6.42 Å². The van der Waals surface area contributed by atoms with Gasteiger partial charge >= 0.3 is 0 Å². The molecule has 0 aliphatic heterocycles. The summed E-state index contributed by atoms with van der Waals surface area (Å²) in [5.74, 6) is 0.103. The molecular weight excluding hydrogens is 466 g/mol. The number of nitrogens with one attached hydrogen (secondary N) is 1. The molecule has 4 nitrogen and oxygen atoms in total. The summed E-state index contributed by atoms with van der Waals surface area (Å²) in [4.78, 5) is 15.8. The van der Waals surface area contributed by atoms with Crippen molar-refractivity contribution in [2.45, 2.75) is 65.5 Å². The molecule has 0 saturated heterocycles. The molecule has 0 bridgehead atoms. The normalized spacial score (nSPS) is 13.1. The van der Waals surface area contributed by atoms with Crippen LogP contribution in [0.3, 0.4) is 0 Å². The molecule has 1 aromatic heterocycles. The Kier molecular flexibility index (Phi) is 9.78. The summed E-state index contributed by atoms with van der Waals surface area (Å²) in [6.07, 6.45) is 4.79. The van der Waals surface area contributed by atoms with Crippen LogP contribution in [0.2, 0.25) is 0 Å². The minimum Gasteiger partial charge on any atom is -0.354 e. The molecule has 0 saturated carbocycles. The smallest absolute Gasteiger partial charge is 0.221 e. The molecule has 0 spiro atoms. The molecule has 1 heterocycles. The molecule has 0 aliphatic rings. The highest BCUT2D eigenvalue weighted by molar-refractivity contribution is 5.87. The first-order valence-electron chi connectivity index (χ1n) is 14.2. The number of carbonyl (C=O) groups is 1. The Morgan fingerprint density at radius 3 is 2.32 bits per heavy atom. The molecule has 4 rings (SSSR count). The van der Waals surface area contributed by atoms with Gasteiger partial charge in [-0.05, 0) is 69.1 Å². The van der Waals surface area contributed by atoms with Crippen molar-refractivity contribution in [1.29, 1.82) is 0 Å². The molecular formula is C34H43N3O. The Morgan fingerprint density at radius 2 is 1.61 bits per heavy atom. The van der Waals surface area contributed by atoms with Crippen LogP contribution in [0.25, 0.3) is 10.9 Å². The predicted octanol–water partition coefficient (Wildman–Crippen LogP) is 7.15. The van der Waals surface area contributed by atoms with Gasteiger partial charge in [-0.3, -0.25) is 4.79 Å². The predicted molar refractivity (Wildman–Crippen MR) is 160 cm³/mol. The number of aromatic nitrogens is 1. The molecule has 3 aromatic carbocycles. The number of hydrogen-bond donors (Lipinski definition) is 1. The molecule has 1 amide bonds. The number of benzene rings is 3. The number of aryl methyl sites for hydroxylation is 1. The Morgan fingerprint density at radius 1 is 0.921 bits per heavy atom. The van der Waals surface area contributed by atoms with Gasteiger partial charge in [-0.1, -0.05) is 92.2 Å². The second-order valence-electron chi connectivity index (χ2n) is 10.5. The van der Waals surface area contributed by atoms with Crippen LogP contribution in [-0.4, -0.2) is 41.1 Å². The largest absolute Gasteiger partial charge is 0.354 e. The third-order valence-corrected chi connectivity index (χ3v) is 7.67. The summed E-state index contributed by atoms with van der Waals surface area (Å²) < 4.78 is 2.33. The van der Waals surface area contributed by atoms with Crippen LogP contribution < -0.4 is 5.32 Å². The standard InChI is InChI=1S/C34H43N3O/c1-5-36(6-2)22-12-13-27(4)35-34(38)23-31(29-20-18-26(3)19-21-29)32-25-37(24-28-14-8-7-9-15-28)33-17-11-10-16-30(32)33/h7-11,14-21,25,27,31H,5-6,12-13,22-24H2,1-4H3,(H,35,38)/t27-,31-/m0/s1. The van der Waals surface area contributed by atoms with Gasteiger partial charge in [0.15, 0.2) is 0 Å². The number of amides is 1. The van der Waals surface area contributed by atoms with Gasteiger partial charge in [-0.15, -0.1) is 0 Å². The van der Waals surface area contributed by atoms with Crippen LogP contribution in [0.15, 0.2) is 85.1 Å². The van der Waals surface area contributed by atoms with E-state index in [1.54, 1.807) is 0 Å². The Labute approximate surface area is 228 Å². The first kappa shape index (κ1) is 27.7. The van der Waals surface area contributed by atoms with E-state index in [1.165, 1.54) is 33.2 Å². The molecule has 4 aromatic rings. The topological polar surface area (TPSA) is 37.3 Å². The van der Waals surface area contributed by atoms with Crippen molar-refractivity contribution in [3.63, 3.8) is 0 Å². The molecule has 38 heavy (non-hydrogen) atoms. The lowest BCUT2D eigenvalue weighted by Gasteiger charge is -2.21. The monoisotopic (exact) mass is 509 g/mol. The number of hydrogen-bond acceptors (Lipinski definition) is 2. The Hall–Kier alpha value is -3.37. The lowest BCUT2D eigenvalue weighted by molar-refractivity contribution is -0.121. The fourth-order valence-electron chi connectivity index (χ4n) is 5.42. The van der Waals surface area contributed by atoms with E-state index in [1.807, 2.05) is 0 Å². The number of carbonyl (C=O) groups excluding carboxylic acids is 1. The van der Waals surface area contributed by atoms with Crippen molar-refractivity contribution in [1.82, 2.24) is 14.8 Å². The summed E-state index contributed by atoms with van der Waals surface area (Å²) in [7, 11) is 0. The van der Waals surface area contributed by atoms with Crippen molar-refractivity contribution >= 4 is 16.8 Å². The molecule has 200 valence electrons. The van der Waals surface area contributed by atoms with Gasteiger partial charge < -0.3 is 14.8 Å². The number of rotatable bonds is 13. The van der Waals surface area contributed by atoms with Gasteiger partial charge in [0.25, 0.3) is 0 Å². The van der Waals surface area contributed by atoms with Gasteiger partial charge in [0, 0.05) is 42.0 Å². The van der Waals surface area contributed by atoms with Crippen LogP contribution in [-0.2, 0) is 11.3 Å². The van der Waals surface area contributed by atoms with E-state index in [9.17, 15) is 4.79 Å². The molecule has 0 radical (unpaired) electrons. The Bertz CT molecular complexity index is 1290. The summed E-state index contributed by atoms with van der Waals surface area (Å²) in [5, 5.41) is 4.52. The molecule has 0 aliphatic carbocycles. The van der Waals surface area contributed by atoms with E-state index in [2.05, 4.69) is 128 Å². The quantitative estimate of drug-likeness (QED) is 0.208. The van der Waals surface area contributed by atoms with E-state index >= 15 is 0 Å². The van der Waals surface area contributed by atoms with Gasteiger partial charge in [0.05, 0.1) is 0 Å². The number of para-hydroxylation sites is 1. The lowest BCUT2D eigenvalue weighted by Crippen LogP contribution is -2.34. The molecule has 1 N–H and O–H groups in total. The SMILES string of the molecule is CCN(CC)CCC[C@H](C)NC(=O)C[C@@H](c1ccc(C)cc1)c1cn(Cc2ccccc2)c2ccccc12. The maximum Gasteiger partial charge on any atom is 0.221 e. The van der Waals surface area contributed by atoms with Gasteiger partial charge in [-0.2, -0.15) is 0 Å². The summed E-state index contributed by atoms with van der Waals surface area (Å²) in [6.45, 7) is 12.7. The third-order valence-electron chi connectivity index (χ3n) is 7.67. The second kappa shape index (κ2) is 13.4. The zero-order chi connectivity index (χ0) is 26.9. The fraction of sp³-hybridized carbons (Fsp3) is 0.382. The van der Waals surface area contributed by atoms with Crippen molar-refractivity contribution in [2.75, 3.05) is 19.6 Å². The van der Waals surface area contributed by atoms with Crippen LogP contribution in [0, 0.1) is 6.92 Å². The molecule has 0 unspecified atom stereocenters. The van der Waals surface area contributed by atoms with E-state index in [4.69, 9.17) is 0 Å². The highest BCUT2D eigenvalue weighted by atomic mass is 16.1. The van der Waals surface area contributed by atoms with Crippen molar-refractivity contribution in [2.24, 2.45) is 0 Å². The van der Waals surface area contributed by atoms with Gasteiger partial charge in [-0.25, -0.2) is 0 Å². The zero-order valence-electron chi connectivity index (χ0n) is 23.5. The van der Waals surface area contributed by atoms with Crippen molar-refractivity contribution in [3.8, 4) is 0 Å². The van der Waals surface area contributed by atoms with E-state index < -0.39 is 0 Å². The first-order valence-corrected chi connectivity index (χ1v) is 14.2. The fourth-order valence-corrected chi connectivity index (χ4v) is 5.42. The van der Waals surface area contributed by atoms with Crippen molar-refractivity contribution in [3.05, 3.63) is 107 Å². The van der Waals surface area contributed by atoms with E-state index in [0.717, 1.165) is 39.0 Å². The number of fused-ring (bicyclic) bond motifs is 1. The maximum absolute atomic E-state index is 13.4. The molecule has 2 atom stereocenters. The van der Waals surface area contributed by atoms with Gasteiger partial charge in [0.2, 0.25) is 5.91 Å². The van der Waals surface area contributed by atoms with Crippen LogP contribution in [0.5, 0.6) is 0 Å². The molecule has 4 heteroatoms. The minimum atomic E-state index is -0.0135. The van der Waals surface area contributed by atoms with E-state index in [-0.39, 0.29) is 17.9 Å². The second-order valence-corrected chi connectivity index (χ2v) is 10.5. The summed E-state index contributed by atoms with van der Waals surface area (Å²) in [5.41, 5.74) is 6.09. The van der Waals surface area contributed by atoms with Crippen LogP contribution >= 0.6 is 0 Å². The van der Waals surface area contributed by atoms with Crippen LogP contribution in [0.4, 0.5) is 0 Å². The highest BCUT2D eigenvalue weighted by Gasteiger charge is 2.23. The van der Waals surface area contributed by atoms with Crippen molar-refractivity contribution < 1.29 is 4.79 Å².